The molecule has 45 heavy (non-hydrogen) atoms. The second kappa shape index (κ2) is 17.8. The third-order valence-corrected chi connectivity index (χ3v) is 6.53. The molecular formula is C33H31Cl2F3N2O5. The average Bonchev–Trinajstić information content (AvgIpc) is 2.98. The number of benzene rings is 3. The number of amides is 2. The van der Waals surface area contributed by atoms with E-state index in [1.54, 1.807) is 78.9 Å². The number of carboxylic acid groups (broad SMARTS) is 1. The fourth-order valence-electron chi connectivity index (χ4n) is 3.73. The van der Waals surface area contributed by atoms with Crippen LogP contribution in [0.1, 0.15) is 30.5 Å². The van der Waals surface area contributed by atoms with Crippen molar-refractivity contribution in [1.82, 2.24) is 10.6 Å². The molecule has 0 fully saturated rings. The lowest BCUT2D eigenvalue weighted by Gasteiger charge is -2.25. The largest absolute Gasteiger partial charge is 0.478 e. The second-order valence-electron chi connectivity index (χ2n) is 9.95. The molecule has 0 unspecified atom stereocenters. The number of hydrogen-bond donors (Lipinski definition) is 3. The summed E-state index contributed by atoms with van der Waals surface area (Å²) < 4.78 is 38.9. The van der Waals surface area contributed by atoms with Crippen LogP contribution in [0.2, 0.25) is 10.0 Å². The van der Waals surface area contributed by atoms with Gasteiger partial charge in [0.25, 0.3) is 5.78 Å². The van der Waals surface area contributed by atoms with E-state index in [-0.39, 0.29) is 6.42 Å². The molecule has 0 saturated heterocycles. The van der Waals surface area contributed by atoms with Crippen LogP contribution in [-0.2, 0) is 25.6 Å². The number of aliphatic carboxylic acids is 1. The van der Waals surface area contributed by atoms with Crippen LogP contribution < -0.4 is 10.6 Å². The third-order valence-electron chi connectivity index (χ3n) is 6.03. The lowest BCUT2D eigenvalue weighted by atomic mass is 9.98. The summed E-state index contributed by atoms with van der Waals surface area (Å²) in [5, 5.41) is 14.2. The summed E-state index contributed by atoms with van der Waals surface area (Å²) >= 11 is 11.5. The van der Waals surface area contributed by atoms with Gasteiger partial charge in [-0.25, -0.2) is 4.79 Å². The molecule has 0 aliphatic carbocycles. The zero-order valence-electron chi connectivity index (χ0n) is 24.2. The molecule has 3 rings (SSSR count). The monoisotopic (exact) mass is 662 g/mol. The summed E-state index contributed by atoms with van der Waals surface area (Å²) in [6, 6.07) is 19.3. The van der Waals surface area contributed by atoms with Crippen molar-refractivity contribution in [3.63, 3.8) is 0 Å². The van der Waals surface area contributed by atoms with E-state index in [0.29, 0.717) is 21.2 Å². The SMILES string of the molecule is CC(C)[C@H](NC(=O)[C@H](Cc1ccccc1)NC(=O)/C=C/c1ccc(Cl)cc1)C(=O)C(F)(F)F.O=C(O)/C=C/c1ccc(Cl)cc1. The van der Waals surface area contributed by atoms with Gasteiger partial charge in [-0.15, -0.1) is 0 Å². The summed E-state index contributed by atoms with van der Waals surface area (Å²) in [7, 11) is 0. The van der Waals surface area contributed by atoms with Gasteiger partial charge in [0.1, 0.15) is 6.04 Å². The average molecular weight is 664 g/mol. The van der Waals surface area contributed by atoms with E-state index in [2.05, 4.69) is 10.6 Å². The lowest BCUT2D eigenvalue weighted by Crippen LogP contribution is -2.55. The zero-order chi connectivity index (χ0) is 33.6. The van der Waals surface area contributed by atoms with Gasteiger partial charge in [0, 0.05) is 28.6 Å². The van der Waals surface area contributed by atoms with E-state index < -0.39 is 47.7 Å². The molecule has 0 aliphatic rings. The molecule has 0 heterocycles. The van der Waals surface area contributed by atoms with Crippen molar-refractivity contribution in [1.29, 1.82) is 0 Å². The predicted octanol–water partition coefficient (Wildman–Crippen LogP) is 6.79. The molecule has 0 bridgehead atoms. The van der Waals surface area contributed by atoms with Crippen molar-refractivity contribution in [2.75, 3.05) is 0 Å². The van der Waals surface area contributed by atoms with Crippen molar-refractivity contribution in [2.24, 2.45) is 5.92 Å². The molecule has 3 N–H and O–H groups in total. The standard InChI is InChI=1S/C24H24ClF3N2O3.C9H7ClO2/c1-15(2)21(22(32)24(26,27)28)30-23(33)19(14-17-6-4-3-5-7-17)29-20(31)13-10-16-8-11-18(25)12-9-16;10-8-4-1-7(2-5-8)3-6-9(11)12/h3-13,15,19,21H,14H2,1-2H3,(H,29,31)(H,30,33);1-6H,(H,11,12)/b13-10+;6-3+/t19-,21-;/m0./s1. The minimum absolute atomic E-state index is 0.0260. The first-order valence-electron chi connectivity index (χ1n) is 13.5. The van der Waals surface area contributed by atoms with Crippen LogP contribution >= 0.6 is 23.2 Å². The van der Waals surface area contributed by atoms with E-state index in [1.807, 2.05) is 0 Å². The van der Waals surface area contributed by atoms with Gasteiger partial charge in [-0.3, -0.25) is 14.4 Å². The smallest absolute Gasteiger partial charge is 0.452 e. The summed E-state index contributed by atoms with van der Waals surface area (Å²) in [6.07, 6.45) is 0.240. The quantitative estimate of drug-likeness (QED) is 0.196. The highest BCUT2D eigenvalue weighted by atomic mass is 35.5. The van der Waals surface area contributed by atoms with Crippen molar-refractivity contribution < 1.29 is 37.5 Å². The minimum atomic E-state index is -5.10. The Morgan fingerprint density at radius 3 is 1.71 bits per heavy atom. The number of alkyl halides is 3. The maximum Gasteiger partial charge on any atom is 0.452 e. The molecule has 7 nitrogen and oxygen atoms in total. The molecule has 3 aromatic rings. The summed E-state index contributed by atoms with van der Waals surface area (Å²) in [4.78, 5) is 47.2. The van der Waals surface area contributed by atoms with Crippen molar-refractivity contribution in [2.45, 2.75) is 38.5 Å². The molecule has 0 aromatic heterocycles. The van der Waals surface area contributed by atoms with Gasteiger partial charge in [-0.2, -0.15) is 13.2 Å². The lowest BCUT2D eigenvalue weighted by molar-refractivity contribution is -0.175. The van der Waals surface area contributed by atoms with E-state index >= 15 is 0 Å². The minimum Gasteiger partial charge on any atom is -0.478 e. The molecular weight excluding hydrogens is 632 g/mol. The van der Waals surface area contributed by atoms with Crippen LogP contribution in [-0.4, -0.2) is 46.9 Å². The van der Waals surface area contributed by atoms with Crippen molar-refractivity contribution >= 4 is 58.9 Å². The number of rotatable bonds is 11. The zero-order valence-corrected chi connectivity index (χ0v) is 25.7. The number of carbonyl (C=O) groups is 4. The Bertz CT molecular complexity index is 1490. The van der Waals surface area contributed by atoms with Crippen LogP contribution in [0.25, 0.3) is 12.2 Å². The van der Waals surface area contributed by atoms with E-state index in [9.17, 15) is 32.3 Å². The van der Waals surface area contributed by atoms with Gasteiger partial charge in [0.2, 0.25) is 11.8 Å². The summed E-state index contributed by atoms with van der Waals surface area (Å²) in [6.45, 7) is 2.79. The van der Waals surface area contributed by atoms with Crippen LogP contribution in [0, 0.1) is 5.92 Å². The van der Waals surface area contributed by atoms with Crippen molar-refractivity contribution in [3.05, 3.63) is 118 Å². The highest BCUT2D eigenvalue weighted by molar-refractivity contribution is 6.30. The topological polar surface area (TPSA) is 113 Å². The Hall–Kier alpha value is -4.41. The molecule has 3 aromatic carbocycles. The van der Waals surface area contributed by atoms with E-state index in [1.165, 1.54) is 32.1 Å². The Balaban J connectivity index is 0.000000490. The molecule has 2 atom stereocenters. The Morgan fingerprint density at radius 1 is 0.778 bits per heavy atom. The van der Waals surface area contributed by atoms with Crippen LogP contribution in [0.3, 0.4) is 0 Å². The van der Waals surface area contributed by atoms with Crippen LogP contribution in [0.4, 0.5) is 13.2 Å². The Morgan fingerprint density at radius 2 is 1.27 bits per heavy atom. The molecule has 0 radical (unpaired) electrons. The fourth-order valence-corrected chi connectivity index (χ4v) is 3.98. The van der Waals surface area contributed by atoms with Gasteiger partial charge in [0.15, 0.2) is 0 Å². The first kappa shape index (κ1) is 36.8. The first-order valence-corrected chi connectivity index (χ1v) is 14.3. The number of nitrogens with one attached hydrogen (secondary N) is 2. The van der Waals surface area contributed by atoms with E-state index in [0.717, 1.165) is 11.6 Å². The Kier molecular flexibility index (Phi) is 14.5. The second-order valence-corrected chi connectivity index (χ2v) is 10.8. The molecule has 238 valence electrons. The molecule has 0 spiro atoms. The molecule has 2 amide bonds. The number of carboxylic acids is 1. The highest BCUT2D eigenvalue weighted by Crippen LogP contribution is 2.21. The number of hydrogen-bond acceptors (Lipinski definition) is 4. The number of ketones is 1. The molecule has 12 heteroatoms. The van der Waals surface area contributed by atoms with Gasteiger partial charge in [0.05, 0.1) is 6.04 Å². The van der Waals surface area contributed by atoms with Gasteiger partial charge >= 0.3 is 12.1 Å². The third kappa shape index (κ3) is 13.8. The van der Waals surface area contributed by atoms with Crippen LogP contribution in [0.15, 0.2) is 91.0 Å². The van der Waals surface area contributed by atoms with Gasteiger partial charge in [-0.1, -0.05) is 91.6 Å². The molecule has 0 saturated carbocycles. The number of halogens is 5. The first-order chi connectivity index (χ1) is 21.1. The normalized spacial score (nSPS) is 12.7. The van der Waals surface area contributed by atoms with Crippen LogP contribution in [0.5, 0.6) is 0 Å². The summed E-state index contributed by atoms with van der Waals surface area (Å²) in [5.74, 6) is -5.31. The van der Waals surface area contributed by atoms with Crippen molar-refractivity contribution in [3.8, 4) is 0 Å². The van der Waals surface area contributed by atoms with Gasteiger partial charge in [-0.05, 0) is 59.0 Å². The maximum absolute atomic E-state index is 13.0. The van der Waals surface area contributed by atoms with E-state index in [4.69, 9.17) is 28.3 Å². The molecule has 0 aliphatic heterocycles. The fraction of sp³-hybridized carbons (Fsp3) is 0.212. The van der Waals surface area contributed by atoms with Gasteiger partial charge < -0.3 is 15.7 Å². The number of Topliss-reactive ketones (excluding diaryl/α,β-unsaturated/α-hetero) is 1. The maximum atomic E-state index is 13.0. The highest BCUT2D eigenvalue weighted by Gasteiger charge is 2.45. The number of carbonyl (C=O) groups excluding carboxylic acids is 3. The summed E-state index contributed by atoms with van der Waals surface area (Å²) in [5.41, 5.74) is 2.19. The predicted molar refractivity (Wildman–Crippen MR) is 169 cm³/mol. The Labute approximate surface area is 268 Å².